The second-order valence-electron chi connectivity index (χ2n) is 6.39. The molecule has 3 rings (SSSR count). The van der Waals surface area contributed by atoms with Gasteiger partial charge in [-0.25, -0.2) is 9.18 Å². The third kappa shape index (κ3) is 3.15. The lowest BCUT2D eigenvalue weighted by molar-refractivity contribution is 0.00208. The molecule has 1 fully saturated rings. The molecular weight excluding hydrogens is 339 g/mol. The van der Waals surface area contributed by atoms with Crippen LogP contribution in [0.25, 0.3) is 5.70 Å². The fraction of sp³-hybridized carbons (Fsp3) is 0.333. The zero-order valence-electron chi connectivity index (χ0n) is 14.9. The molecule has 2 aromatic rings. The van der Waals surface area contributed by atoms with Gasteiger partial charge in [0.1, 0.15) is 17.2 Å². The highest BCUT2D eigenvalue weighted by molar-refractivity contribution is 5.75. The highest BCUT2D eigenvalue weighted by Gasteiger charge is 2.24. The first kappa shape index (κ1) is 17.9. The molecule has 7 nitrogen and oxygen atoms in total. The van der Waals surface area contributed by atoms with E-state index in [1.54, 1.807) is 19.1 Å². The van der Waals surface area contributed by atoms with Gasteiger partial charge in [0.05, 0.1) is 24.9 Å². The van der Waals surface area contributed by atoms with E-state index in [9.17, 15) is 14.0 Å². The van der Waals surface area contributed by atoms with Crippen LogP contribution in [-0.2, 0) is 18.8 Å². The lowest BCUT2D eigenvalue weighted by atomic mass is 10.1. The quantitative estimate of drug-likeness (QED) is 0.839. The van der Waals surface area contributed by atoms with Gasteiger partial charge in [-0.05, 0) is 24.6 Å². The lowest BCUT2D eigenvalue weighted by Gasteiger charge is -2.29. The third-order valence-corrected chi connectivity index (χ3v) is 4.36. The molecule has 138 valence electrons. The fourth-order valence-electron chi connectivity index (χ4n) is 2.75. The van der Waals surface area contributed by atoms with Crippen LogP contribution in [0.4, 0.5) is 15.9 Å². The Morgan fingerprint density at radius 1 is 1.27 bits per heavy atom. The first-order chi connectivity index (χ1) is 12.3. The van der Waals surface area contributed by atoms with Gasteiger partial charge >= 0.3 is 5.69 Å². The normalized spacial score (nSPS) is 14.0. The summed E-state index contributed by atoms with van der Waals surface area (Å²) in [6.45, 7) is 6.73. The summed E-state index contributed by atoms with van der Waals surface area (Å²) >= 11 is 0. The monoisotopic (exact) mass is 360 g/mol. The minimum Gasteiger partial charge on any atom is -0.377 e. The van der Waals surface area contributed by atoms with Crippen molar-refractivity contribution in [2.45, 2.75) is 13.0 Å². The van der Waals surface area contributed by atoms with E-state index >= 15 is 0 Å². The summed E-state index contributed by atoms with van der Waals surface area (Å²) in [5, 5.41) is 5.99. The number of hydrogen-bond acceptors (Lipinski definition) is 5. The molecule has 0 radical (unpaired) electrons. The third-order valence-electron chi connectivity index (χ3n) is 4.36. The van der Waals surface area contributed by atoms with Crippen molar-refractivity contribution in [1.29, 1.82) is 0 Å². The number of hydrogen-bond donors (Lipinski definition) is 2. The van der Waals surface area contributed by atoms with E-state index < -0.39 is 17.1 Å². The van der Waals surface area contributed by atoms with Crippen LogP contribution >= 0.6 is 0 Å². The van der Waals surface area contributed by atoms with Crippen LogP contribution in [0.3, 0.4) is 0 Å². The average molecular weight is 360 g/mol. The SMILES string of the molecule is C=C(NC1COC1)c1c(Nc2ccc(C)cc2F)n(C)c(=O)n(C)c1=O. The average Bonchev–Trinajstić information content (AvgIpc) is 2.56. The molecule has 1 saturated heterocycles. The molecule has 0 atom stereocenters. The molecule has 1 aliphatic heterocycles. The van der Waals surface area contributed by atoms with Crippen molar-refractivity contribution in [2.24, 2.45) is 14.1 Å². The maximum absolute atomic E-state index is 14.3. The van der Waals surface area contributed by atoms with Crippen LogP contribution in [0.15, 0.2) is 34.4 Å². The molecule has 0 spiro atoms. The summed E-state index contributed by atoms with van der Waals surface area (Å²) in [6, 6.07) is 4.73. The molecule has 1 aliphatic rings. The highest BCUT2D eigenvalue weighted by Crippen LogP contribution is 2.24. The molecule has 0 unspecified atom stereocenters. The van der Waals surface area contributed by atoms with E-state index in [1.165, 1.54) is 24.7 Å². The predicted molar refractivity (Wildman–Crippen MR) is 98.1 cm³/mol. The van der Waals surface area contributed by atoms with Gasteiger partial charge in [-0.1, -0.05) is 12.6 Å². The molecular formula is C18H21FN4O3. The van der Waals surface area contributed by atoms with Crippen LogP contribution in [0.5, 0.6) is 0 Å². The number of benzene rings is 1. The van der Waals surface area contributed by atoms with Gasteiger partial charge in [-0.3, -0.25) is 13.9 Å². The van der Waals surface area contributed by atoms with Gasteiger partial charge in [-0.2, -0.15) is 0 Å². The molecule has 8 heteroatoms. The van der Waals surface area contributed by atoms with E-state index in [-0.39, 0.29) is 23.1 Å². The molecule has 0 aliphatic carbocycles. The Kier molecular flexibility index (Phi) is 4.69. The molecule has 2 N–H and O–H groups in total. The summed E-state index contributed by atoms with van der Waals surface area (Å²) in [4.78, 5) is 25.0. The number of aromatic nitrogens is 2. The number of halogens is 1. The van der Waals surface area contributed by atoms with E-state index in [4.69, 9.17) is 4.74 Å². The van der Waals surface area contributed by atoms with E-state index in [0.717, 1.165) is 10.1 Å². The Morgan fingerprint density at radius 3 is 2.54 bits per heavy atom. The number of ether oxygens (including phenoxy) is 1. The van der Waals surface area contributed by atoms with E-state index in [2.05, 4.69) is 17.2 Å². The second-order valence-corrected chi connectivity index (χ2v) is 6.39. The zero-order valence-corrected chi connectivity index (χ0v) is 14.9. The lowest BCUT2D eigenvalue weighted by Crippen LogP contribution is -2.47. The van der Waals surface area contributed by atoms with E-state index in [1.807, 2.05) is 0 Å². The molecule has 1 aromatic carbocycles. The van der Waals surface area contributed by atoms with Crippen molar-refractivity contribution in [1.82, 2.24) is 14.5 Å². The van der Waals surface area contributed by atoms with Crippen molar-refractivity contribution < 1.29 is 9.13 Å². The predicted octanol–water partition coefficient (Wildman–Crippen LogP) is 1.23. The maximum atomic E-state index is 14.3. The smallest absolute Gasteiger partial charge is 0.332 e. The number of nitrogens with zero attached hydrogens (tertiary/aromatic N) is 2. The molecule has 26 heavy (non-hydrogen) atoms. The first-order valence-corrected chi connectivity index (χ1v) is 8.16. The Balaban J connectivity index is 2.11. The van der Waals surface area contributed by atoms with Gasteiger partial charge in [0.25, 0.3) is 5.56 Å². The van der Waals surface area contributed by atoms with Crippen LogP contribution in [0.1, 0.15) is 11.1 Å². The fourth-order valence-corrected chi connectivity index (χ4v) is 2.75. The van der Waals surface area contributed by atoms with Crippen molar-refractivity contribution in [3.05, 3.63) is 62.6 Å². The highest BCUT2D eigenvalue weighted by atomic mass is 19.1. The number of rotatable bonds is 5. The van der Waals surface area contributed by atoms with Crippen LogP contribution < -0.4 is 21.9 Å². The Morgan fingerprint density at radius 2 is 1.96 bits per heavy atom. The van der Waals surface area contributed by atoms with Gasteiger partial charge in [-0.15, -0.1) is 0 Å². The summed E-state index contributed by atoms with van der Waals surface area (Å²) in [5.74, 6) is -0.298. The largest absolute Gasteiger partial charge is 0.377 e. The molecule has 0 amide bonds. The minimum absolute atomic E-state index is 0.0494. The van der Waals surface area contributed by atoms with Crippen LogP contribution in [0, 0.1) is 12.7 Å². The molecule has 2 heterocycles. The standard InChI is InChI=1S/C18H21FN4O3/c1-10-5-6-14(13(19)7-10)21-16-15(11(2)20-12-8-26-9-12)17(24)23(4)18(25)22(16)3/h5-7,12,20-21H,2,8-9H2,1,3-4H3. The number of anilines is 2. The van der Waals surface area contributed by atoms with Crippen molar-refractivity contribution in [3.63, 3.8) is 0 Å². The molecule has 0 bridgehead atoms. The Hall–Kier alpha value is -2.87. The van der Waals surface area contributed by atoms with Gasteiger partial charge < -0.3 is 15.4 Å². The second kappa shape index (κ2) is 6.80. The van der Waals surface area contributed by atoms with Crippen molar-refractivity contribution in [3.8, 4) is 0 Å². The topological polar surface area (TPSA) is 77.3 Å². The van der Waals surface area contributed by atoms with Gasteiger partial charge in [0.2, 0.25) is 0 Å². The zero-order chi connectivity index (χ0) is 19.0. The molecule has 0 saturated carbocycles. The van der Waals surface area contributed by atoms with Crippen LogP contribution in [-0.4, -0.2) is 28.4 Å². The van der Waals surface area contributed by atoms with Crippen molar-refractivity contribution in [2.75, 3.05) is 18.5 Å². The summed E-state index contributed by atoms with van der Waals surface area (Å²) < 4.78 is 21.6. The number of aryl methyl sites for hydroxylation is 1. The number of nitrogens with one attached hydrogen (secondary N) is 2. The summed E-state index contributed by atoms with van der Waals surface area (Å²) in [7, 11) is 2.91. The van der Waals surface area contributed by atoms with Crippen molar-refractivity contribution >= 4 is 17.2 Å². The minimum atomic E-state index is -0.520. The Bertz CT molecular complexity index is 989. The summed E-state index contributed by atoms with van der Waals surface area (Å²) in [6.07, 6.45) is 0. The maximum Gasteiger partial charge on any atom is 0.332 e. The van der Waals surface area contributed by atoms with E-state index in [0.29, 0.717) is 18.9 Å². The summed E-state index contributed by atoms with van der Waals surface area (Å²) in [5.41, 5.74) is 0.433. The van der Waals surface area contributed by atoms with Gasteiger partial charge in [0, 0.05) is 19.8 Å². The van der Waals surface area contributed by atoms with Crippen LogP contribution in [0.2, 0.25) is 0 Å². The van der Waals surface area contributed by atoms with Gasteiger partial charge in [0.15, 0.2) is 0 Å². The Labute approximate surface area is 149 Å². The first-order valence-electron chi connectivity index (χ1n) is 8.16. The molecule has 1 aromatic heterocycles.